The highest BCUT2D eigenvalue weighted by molar-refractivity contribution is 5.34. The maximum absolute atomic E-state index is 13.7. The zero-order valence-corrected chi connectivity index (χ0v) is 9.08. The first-order chi connectivity index (χ1) is 6.02. The number of allylic oxidation sites excluding steroid dienone is 4. The van der Waals surface area contributed by atoms with Crippen LogP contribution in [0, 0.1) is 5.92 Å². The minimum Gasteiger partial charge on any atom is -0.207 e. The molecule has 0 saturated carbocycles. The Morgan fingerprint density at radius 3 is 2.54 bits per heavy atom. The maximum atomic E-state index is 13.7. The van der Waals surface area contributed by atoms with Crippen LogP contribution < -0.4 is 0 Å². The van der Waals surface area contributed by atoms with Gasteiger partial charge >= 0.3 is 0 Å². The quantitative estimate of drug-likeness (QED) is 0.564. The van der Waals surface area contributed by atoms with Crippen LogP contribution in [0.2, 0.25) is 0 Å². The van der Waals surface area contributed by atoms with Crippen LogP contribution in [0.1, 0.15) is 47.0 Å². The Kier molecular flexibility index (Phi) is 3.29. The van der Waals surface area contributed by atoms with Crippen LogP contribution in [0.15, 0.2) is 22.5 Å². The van der Waals surface area contributed by atoms with Crippen molar-refractivity contribution in [1.29, 1.82) is 0 Å². The Morgan fingerprint density at radius 1 is 1.38 bits per heavy atom. The van der Waals surface area contributed by atoms with Gasteiger partial charge < -0.3 is 0 Å². The Bertz CT molecular complexity index is 254. The van der Waals surface area contributed by atoms with Gasteiger partial charge in [-0.05, 0) is 57.1 Å². The molecule has 0 heterocycles. The van der Waals surface area contributed by atoms with Gasteiger partial charge in [0.1, 0.15) is 5.83 Å². The molecule has 1 unspecified atom stereocenters. The average molecular weight is 182 g/mol. The van der Waals surface area contributed by atoms with Crippen LogP contribution >= 0.6 is 0 Å². The molecule has 0 nitrogen and oxygen atoms in total. The zero-order chi connectivity index (χ0) is 10.0. The second kappa shape index (κ2) is 4.08. The van der Waals surface area contributed by atoms with Crippen LogP contribution in [-0.4, -0.2) is 0 Å². The largest absolute Gasteiger partial charge is 0.207 e. The molecule has 13 heavy (non-hydrogen) atoms. The van der Waals surface area contributed by atoms with Crippen molar-refractivity contribution < 1.29 is 4.39 Å². The molecule has 0 aromatic carbocycles. The highest BCUT2D eigenvalue weighted by Crippen LogP contribution is 2.34. The normalized spacial score (nSPS) is 23.3. The van der Waals surface area contributed by atoms with Gasteiger partial charge in [0.15, 0.2) is 0 Å². The van der Waals surface area contributed by atoms with Gasteiger partial charge in [-0.25, -0.2) is 4.39 Å². The molecule has 1 atom stereocenters. The van der Waals surface area contributed by atoms with Crippen LogP contribution in [0.25, 0.3) is 0 Å². The van der Waals surface area contributed by atoms with Crippen molar-refractivity contribution >= 4 is 0 Å². The van der Waals surface area contributed by atoms with Gasteiger partial charge in [-0.3, -0.25) is 0 Å². The predicted octanol–water partition coefficient (Wildman–Crippen LogP) is 4.39. The summed E-state index contributed by atoms with van der Waals surface area (Å²) in [5, 5.41) is 0. The summed E-state index contributed by atoms with van der Waals surface area (Å²) in [4.78, 5) is 0. The van der Waals surface area contributed by atoms with Crippen molar-refractivity contribution in [3.05, 3.63) is 22.5 Å². The minimum atomic E-state index is 0.0315. The van der Waals surface area contributed by atoms with E-state index in [1.165, 1.54) is 12.0 Å². The molecule has 1 aliphatic carbocycles. The molecule has 0 aliphatic heterocycles. The number of hydrogen-bond acceptors (Lipinski definition) is 0. The Morgan fingerprint density at radius 2 is 2.00 bits per heavy atom. The van der Waals surface area contributed by atoms with Crippen molar-refractivity contribution in [3.63, 3.8) is 0 Å². The van der Waals surface area contributed by atoms with Gasteiger partial charge in [-0.2, -0.15) is 0 Å². The molecule has 0 saturated heterocycles. The Labute approximate surface area is 80.5 Å². The van der Waals surface area contributed by atoms with Gasteiger partial charge in [0.05, 0.1) is 0 Å². The molecule has 0 spiro atoms. The second-order valence-corrected chi connectivity index (χ2v) is 4.42. The highest BCUT2D eigenvalue weighted by atomic mass is 19.1. The molecule has 0 amide bonds. The van der Waals surface area contributed by atoms with E-state index in [2.05, 4.69) is 13.8 Å². The first kappa shape index (κ1) is 10.5. The van der Waals surface area contributed by atoms with Crippen molar-refractivity contribution in [2.24, 2.45) is 5.92 Å². The van der Waals surface area contributed by atoms with E-state index in [-0.39, 0.29) is 5.83 Å². The zero-order valence-electron chi connectivity index (χ0n) is 9.08. The van der Waals surface area contributed by atoms with Gasteiger partial charge in [-0.1, -0.05) is 12.5 Å². The predicted molar refractivity (Wildman–Crippen MR) is 55.2 cm³/mol. The van der Waals surface area contributed by atoms with Gasteiger partial charge in [0, 0.05) is 0 Å². The topological polar surface area (TPSA) is 0 Å². The average Bonchev–Trinajstić information content (AvgIpc) is 2.08. The SMILES string of the molecule is CC(C)=C(F)C1=C(C)CCC(C)C1. The fraction of sp³-hybridized carbons (Fsp3) is 0.667. The minimum absolute atomic E-state index is 0.0315. The van der Waals surface area contributed by atoms with Crippen molar-refractivity contribution in [1.82, 2.24) is 0 Å². The molecule has 74 valence electrons. The van der Waals surface area contributed by atoms with Gasteiger partial charge in [0.25, 0.3) is 0 Å². The van der Waals surface area contributed by atoms with E-state index >= 15 is 0 Å². The molecule has 0 N–H and O–H groups in total. The third-order valence-corrected chi connectivity index (χ3v) is 2.78. The lowest BCUT2D eigenvalue weighted by Gasteiger charge is -2.22. The number of hydrogen-bond donors (Lipinski definition) is 0. The molecule has 1 rings (SSSR count). The number of rotatable bonds is 1. The van der Waals surface area contributed by atoms with Crippen LogP contribution in [0.3, 0.4) is 0 Å². The third-order valence-electron chi connectivity index (χ3n) is 2.78. The van der Waals surface area contributed by atoms with Gasteiger partial charge in [-0.15, -0.1) is 0 Å². The standard InChI is InChI=1S/C12H19F/c1-8(2)12(13)11-7-9(3)5-6-10(11)4/h9H,5-7H2,1-4H3. The molecule has 1 aliphatic rings. The first-order valence-corrected chi connectivity index (χ1v) is 5.04. The lowest BCUT2D eigenvalue weighted by Crippen LogP contribution is -2.07. The molecule has 0 aromatic heterocycles. The van der Waals surface area contributed by atoms with Crippen LogP contribution in [-0.2, 0) is 0 Å². The van der Waals surface area contributed by atoms with E-state index in [1.807, 2.05) is 13.8 Å². The molecule has 0 fully saturated rings. The lowest BCUT2D eigenvalue weighted by molar-refractivity contribution is 0.478. The third kappa shape index (κ3) is 2.43. The molecule has 0 aromatic rings. The van der Waals surface area contributed by atoms with Crippen molar-refractivity contribution in [2.45, 2.75) is 47.0 Å². The fourth-order valence-corrected chi connectivity index (χ4v) is 1.82. The van der Waals surface area contributed by atoms with E-state index < -0.39 is 0 Å². The van der Waals surface area contributed by atoms with E-state index in [0.29, 0.717) is 5.92 Å². The summed E-state index contributed by atoms with van der Waals surface area (Å²) in [6.45, 7) is 7.94. The summed E-state index contributed by atoms with van der Waals surface area (Å²) in [5.74, 6) is 0.674. The highest BCUT2D eigenvalue weighted by Gasteiger charge is 2.18. The fourth-order valence-electron chi connectivity index (χ4n) is 1.82. The van der Waals surface area contributed by atoms with Crippen LogP contribution in [0.4, 0.5) is 4.39 Å². The Balaban J connectivity index is 2.95. The summed E-state index contributed by atoms with van der Waals surface area (Å²) in [7, 11) is 0. The van der Waals surface area contributed by atoms with Gasteiger partial charge in [0.2, 0.25) is 0 Å². The monoisotopic (exact) mass is 182 g/mol. The number of halogens is 1. The molecular weight excluding hydrogens is 163 g/mol. The summed E-state index contributed by atoms with van der Waals surface area (Å²) in [6.07, 6.45) is 3.20. The van der Waals surface area contributed by atoms with Crippen molar-refractivity contribution in [2.75, 3.05) is 0 Å². The van der Waals surface area contributed by atoms with Crippen LogP contribution in [0.5, 0.6) is 0 Å². The molecule has 0 radical (unpaired) electrons. The van der Waals surface area contributed by atoms with E-state index in [9.17, 15) is 4.39 Å². The van der Waals surface area contributed by atoms with E-state index in [1.54, 1.807) is 0 Å². The summed E-state index contributed by atoms with van der Waals surface area (Å²) >= 11 is 0. The Hall–Kier alpha value is -0.590. The lowest BCUT2D eigenvalue weighted by atomic mass is 9.84. The maximum Gasteiger partial charge on any atom is 0.124 e. The summed E-state index contributed by atoms with van der Waals surface area (Å²) in [5.41, 5.74) is 3.03. The van der Waals surface area contributed by atoms with E-state index in [4.69, 9.17) is 0 Å². The van der Waals surface area contributed by atoms with E-state index in [0.717, 1.165) is 24.0 Å². The summed E-state index contributed by atoms with van der Waals surface area (Å²) in [6, 6.07) is 0. The second-order valence-electron chi connectivity index (χ2n) is 4.42. The smallest absolute Gasteiger partial charge is 0.124 e. The molecule has 0 bridgehead atoms. The molecular formula is C12H19F. The summed E-state index contributed by atoms with van der Waals surface area (Å²) < 4.78 is 13.7. The first-order valence-electron chi connectivity index (χ1n) is 5.04. The molecule has 1 heteroatoms. The van der Waals surface area contributed by atoms with Crippen molar-refractivity contribution in [3.8, 4) is 0 Å².